The van der Waals surface area contributed by atoms with Crippen LogP contribution in [0.5, 0.6) is 0 Å². The molecule has 118 valence electrons. The molecule has 1 saturated heterocycles. The van der Waals surface area contributed by atoms with Crippen LogP contribution in [0, 0.1) is 0 Å². The molecule has 0 bridgehead atoms. The zero-order chi connectivity index (χ0) is 15.4. The third kappa shape index (κ3) is 4.28. The molecule has 7 heteroatoms. The molecule has 0 saturated carbocycles. The molecule has 5 nitrogen and oxygen atoms in total. The largest absolute Gasteiger partial charge is 0.357 e. The number of guanidine groups is 1. The van der Waals surface area contributed by atoms with Gasteiger partial charge >= 0.3 is 0 Å². The van der Waals surface area contributed by atoms with E-state index in [2.05, 4.69) is 28.4 Å². The van der Waals surface area contributed by atoms with Crippen LogP contribution >= 0.6 is 11.8 Å². The van der Waals surface area contributed by atoms with Crippen molar-refractivity contribution in [1.82, 2.24) is 10.2 Å². The van der Waals surface area contributed by atoms with Crippen molar-refractivity contribution in [3.05, 3.63) is 0 Å². The van der Waals surface area contributed by atoms with Crippen LogP contribution in [0.3, 0.4) is 0 Å². The lowest BCUT2D eigenvalue weighted by Crippen LogP contribution is -2.57. The minimum absolute atomic E-state index is 0.197. The Balaban J connectivity index is 2.84. The smallest absolute Gasteiger partial charge is 0.194 e. The van der Waals surface area contributed by atoms with Gasteiger partial charge in [0.2, 0.25) is 0 Å². The van der Waals surface area contributed by atoms with E-state index in [4.69, 9.17) is 0 Å². The Morgan fingerprint density at radius 3 is 2.65 bits per heavy atom. The van der Waals surface area contributed by atoms with Crippen LogP contribution in [0.2, 0.25) is 0 Å². The first-order valence-corrected chi connectivity index (χ1v) is 9.96. The first-order chi connectivity index (χ1) is 9.23. The molecule has 0 radical (unpaired) electrons. The van der Waals surface area contributed by atoms with E-state index < -0.39 is 14.6 Å². The van der Waals surface area contributed by atoms with E-state index in [9.17, 15) is 8.42 Å². The second-order valence-electron chi connectivity index (χ2n) is 5.74. The van der Waals surface area contributed by atoms with Crippen LogP contribution in [-0.4, -0.2) is 67.5 Å². The Bertz CT molecular complexity index is 447. The highest BCUT2D eigenvalue weighted by Gasteiger charge is 2.40. The highest BCUT2D eigenvalue weighted by atomic mass is 32.2. The van der Waals surface area contributed by atoms with Crippen molar-refractivity contribution >= 4 is 27.6 Å². The molecule has 0 aliphatic carbocycles. The van der Waals surface area contributed by atoms with Gasteiger partial charge in [-0.3, -0.25) is 4.99 Å². The van der Waals surface area contributed by atoms with Crippen molar-refractivity contribution in [1.29, 1.82) is 0 Å². The van der Waals surface area contributed by atoms with Gasteiger partial charge in [0.15, 0.2) is 15.8 Å². The maximum absolute atomic E-state index is 12.1. The van der Waals surface area contributed by atoms with Gasteiger partial charge < -0.3 is 10.2 Å². The van der Waals surface area contributed by atoms with Crippen molar-refractivity contribution in [2.24, 2.45) is 4.99 Å². The topological polar surface area (TPSA) is 61.8 Å². The van der Waals surface area contributed by atoms with Gasteiger partial charge in [0.05, 0.1) is 17.0 Å². The van der Waals surface area contributed by atoms with Gasteiger partial charge in [-0.2, -0.15) is 11.8 Å². The summed E-state index contributed by atoms with van der Waals surface area (Å²) in [6.45, 7) is 10.3. The van der Waals surface area contributed by atoms with Crippen LogP contribution in [-0.2, 0) is 9.84 Å². The van der Waals surface area contributed by atoms with Gasteiger partial charge in [0, 0.05) is 24.9 Å². The fourth-order valence-corrected chi connectivity index (χ4v) is 3.63. The van der Waals surface area contributed by atoms with Crippen LogP contribution in [0.25, 0.3) is 0 Å². The third-order valence-corrected chi connectivity index (χ3v) is 7.07. The molecule has 20 heavy (non-hydrogen) atoms. The van der Waals surface area contributed by atoms with Gasteiger partial charge in [0.1, 0.15) is 0 Å². The molecule has 0 amide bonds. The molecule has 1 unspecified atom stereocenters. The first kappa shape index (κ1) is 17.6. The van der Waals surface area contributed by atoms with Crippen molar-refractivity contribution in [3.8, 4) is 0 Å². The summed E-state index contributed by atoms with van der Waals surface area (Å²) in [5.74, 6) is 1.03. The summed E-state index contributed by atoms with van der Waals surface area (Å²) < 4.78 is 23.4. The van der Waals surface area contributed by atoms with E-state index >= 15 is 0 Å². The van der Waals surface area contributed by atoms with E-state index in [0.717, 1.165) is 19.0 Å². The average molecular weight is 322 g/mol. The molecule has 1 fully saturated rings. The number of thioether (sulfide) groups is 1. The Kier molecular flexibility index (Phi) is 6.19. The molecule has 1 N–H and O–H groups in total. The Hall–Kier alpha value is -0.430. The van der Waals surface area contributed by atoms with Crippen molar-refractivity contribution in [2.45, 2.75) is 37.7 Å². The molecule has 1 aliphatic rings. The van der Waals surface area contributed by atoms with Gasteiger partial charge in [-0.15, -0.1) is 0 Å². The summed E-state index contributed by atoms with van der Waals surface area (Å²) >= 11 is 1.78. The van der Waals surface area contributed by atoms with E-state index in [0.29, 0.717) is 18.3 Å². The lowest BCUT2D eigenvalue weighted by Gasteiger charge is -2.39. The zero-order valence-corrected chi connectivity index (χ0v) is 14.8. The molecular formula is C13H27N3O2S2. The molecule has 1 heterocycles. The second kappa shape index (κ2) is 7.02. The third-order valence-electron chi connectivity index (χ3n) is 3.58. The molecular weight excluding hydrogens is 294 g/mol. The molecule has 1 atom stereocenters. The lowest BCUT2D eigenvalue weighted by molar-refractivity contribution is 0.353. The molecule has 0 spiro atoms. The summed E-state index contributed by atoms with van der Waals surface area (Å²) in [7, 11) is -3.01. The van der Waals surface area contributed by atoms with Gasteiger partial charge in [0.25, 0.3) is 0 Å². The number of nitrogens with one attached hydrogen (secondary N) is 1. The quantitative estimate of drug-likeness (QED) is 0.623. The minimum atomic E-state index is -3.01. The van der Waals surface area contributed by atoms with Crippen LogP contribution < -0.4 is 5.32 Å². The predicted molar refractivity (Wildman–Crippen MR) is 88.4 cm³/mol. The number of hydrogen-bond acceptors (Lipinski definition) is 4. The van der Waals surface area contributed by atoms with E-state index in [1.807, 2.05) is 6.92 Å². The number of nitrogens with zero attached hydrogens (tertiary/aromatic N) is 2. The molecule has 0 aromatic carbocycles. The average Bonchev–Trinajstić information content (AvgIpc) is 2.37. The monoisotopic (exact) mass is 321 g/mol. The summed E-state index contributed by atoms with van der Waals surface area (Å²) in [6, 6.07) is 0. The van der Waals surface area contributed by atoms with E-state index in [1.54, 1.807) is 25.6 Å². The minimum Gasteiger partial charge on any atom is -0.357 e. The Morgan fingerprint density at radius 2 is 2.15 bits per heavy atom. The fraction of sp³-hybridized carbons (Fsp3) is 0.923. The zero-order valence-electron chi connectivity index (χ0n) is 13.1. The SMILES string of the molecule is CCNC(=NCC(C)SC)N1CCS(=O)(=O)C(C)(C)C1. The summed E-state index contributed by atoms with van der Waals surface area (Å²) in [5.41, 5.74) is 0. The summed E-state index contributed by atoms with van der Waals surface area (Å²) in [5, 5.41) is 3.73. The maximum Gasteiger partial charge on any atom is 0.194 e. The molecule has 0 aromatic rings. The highest BCUT2D eigenvalue weighted by Crippen LogP contribution is 2.23. The summed E-state index contributed by atoms with van der Waals surface area (Å²) in [6.07, 6.45) is 2.07. The standard InChI is InChI=1S/C13H27N3O2S2/c1-6-14-12(15-9-11(2)19-5)16-7-8-20(17,18)13(3,4)10-16/h11H,6-10H2,1-5H3,(H,14,15). The summed E-state index contributed by atoms with van der Waals surface area (Å²) in [4.78, 5) is 6.70. The van der Waals surface area contributed by atoms with Gasteiger partial charge in [-0.25, -0.2) is 8.42 Å². The number of aliphatic imine (C=N–C) groups is 1. The van der Waals surface area contributed by atoms with Crippen molar-refractivity contribution in [3.63, 3.8) is 0 Å². The van der Waals surface area contributed by atoms with Crippen LogP contribution in [0.4, 0.5) is 0 Å². The van der Waals surface area contributed by atoms with Gasteiger partial charge in [-0.05, 0) is 27.0 Å². The number of sulfone groups is 1. The molecule has 0 aromatic heterocycles. The highest BCUT2D eigenvalue weighted by molar-refractivity contribution is 7.99. The Labute approximate surface area is 127 Å². The Morgan fingerprint density at radius 1 is 1.50 bits per heavy atom. The normalized spacial score (nSPS) is 23.4. The molecule has 1 aliphatic heterocycles. The van der Waals surface area contributed by atoms with Crippen molar-refractivity contribution < 1.29 is 8.42 Å². The number of hydrogen-bond donors (Lipinski definition) is 1. The van der Waals surface area contributed by atoms with E-state index in [1.165, 1.54) is 0 Å². The van der Waals surface area contributed by atoms with E-state index in [-0.39, 0.29) is 5.75 Å². The first-order valence-electron chi connectivity index (χ1n) is 7.02. The maximum atomic E-state index is 12.1. The predicted octanol–water partition coefficient (Wildman–Crippen LogP) is 1.21. The van der Waals surface area contributed by atoms with Crippen LogP contribution in [0.1, 0.15) is 27.7 Å². The van der Waals surface area contributed by atoms with Crippen LogP contribution in [0.15, 0.2) is 4.99 Å². The van der Waals surface area contributed by atoms with Crippen molar-refractivity contribution in [2.75, 3.05) is 38.2 Å². The fourth-order valence-electron chi connectivity index (χ4n) is 2.04. The molecule has 1 rings (SSSR count). The van der Waals surface area contributed by atoms with Gasteiger partial charge in [-0.1, -0.05) is 6.92 Å². The number of rotatable bonds is 4. The second-order valence-corrected chi connectivity index (χ2v) is 9.76. The lowest BCUT2D eigenvalue weighted by atomic mass is 10.2.